The number of fused-ring (bicyclic) bond motifs is 1. The van der Waals surface area contributed by atoms with Gasteiger partial charge in [-0.1, -0.05) is 30.3 Å². The molecule has 0 saturated carbocycles. The average molecular weight is 527 g/mol. The lowest BCUT2D eigenvalue weighted by atomic mass is 10.1. The maximum absolute atomic E-state index is 12.5. The highest BCUT2D eigenvalue weighted by Gasteiger charge is 2.08. The Morgan fingerprint density at radius 3 is 2.43 bits per heavy atom. The molecule has 35 heavy (non-hydrogen) atoms. The minimum Gasteiger partial charge on any atom is -0.482 e. The molecule has 7 heteroatoms. The van der Waals surface area contributed by atoms with E-state index in [1.54, 1.807) is 18.2 Å². The molecule has 0 radical (unpaired) electrons. The highest BCUT2D eigenvalue weighted by Crippen LogP contribution is 2.22. The van der Waals surface area contributed by atoms with E-state index >= 15 is 0 Å². The second-order valence-corrected chi connectivity index (χ2v) is 8.42. The molecule has 0 aliphatic carbocycles. The van der Waals surface area contributed by atoms with Crippen molar-refractivity contribution in [3.63, 3.8) is 0 Å². The first-order valence-electron chi connectivity index (χ1n) is 11.2. The predicted molar refractivity (Wildman–Crippen MR) is 144 cm³/mol. The molecule has 6 nitrogen and oxygen atoms in total. The second kappa shape index (κ2) is 10.4. The molecule has 0 saturated heterocycles. The Balaban J connectivity index is 1.17. The summed E-state index contributed by atoms with van der Waals surface area (Å²) in [5.41, 5.74) is 6.81. The van der Waals surface area contributed by atoms with Gasteiger partial charge in [0.2, 0.25) is 0 Å². The number of aromatic amines is 1. The molecule has 0 bridgehead atoms. The fraction of sp³-hybridized carbons (Fsp3) is 0.0714. The minimum absolute atomic E-state index is 0.180. The number of nitrogens with zero attached hydrogens (tertiary/aromatic N) is 1. The molecule has 5 rings (SSSR count). The smallest absolute Gasteiger partial charge is 0.255 e. The van der Waals surface area contributed by atoms with Gasteiger partial charge in [0.1, 0.15) is 17.1 Å². The number of alkyl halides is 1. The summed E-state index contributed by atoms with van der Waals surface area (Å²) in [7, 11) is 0. The van der Waals surface area contributed by atoms with Crippen molar-refractivity contribution in [1.82, 2.24) is 9.97 Å². The minimum atomic E-state index is -0.180. The topological polar surface area (TPSA) is 79.0 Å². The molecule has 1 heterocycles. The van der Waals surface area contributed by atoms with Crippen LogP contribution in [-0.2, 0) is 6.54 Å². The monoisotopic (exact) mass is 526 g/mol. The van der Waals surface area contributed by atoms with Crippen molar-refractivity contribution in [1.29, 1.82) is 0 Å². The third-order valence-corrected chi connectivity index (χ3v) is 5.80. The van der Waals surface area contributed by atoms with Crippen LogP contribution in [0.15, 0.2) is 97.1 Å². The first kappa shape index (κ1) is 22.7. The standard InChI is InChI=1S/C28H23BrN4O2/c29-18-35-24-5-3-4-21(16-24)28(34)31-23-12-8-19(9-13-23)17-30-22-14-10-20(11-15-22)27-32-25-6-1-2-7-26(25)33-27/h1-16,30H,17-18H2,(H,31,34)(H,32,33). The number of amides is 1. The van der Waals surface area contributed by atoms with Gasteiger partial charge in [0.15, 0.2) is 0 Å². The van der Waals surface area contributed by atoms with Crippen LogP contribution in [-0.4, -0.2) is 21.4 Å². The maximum Gasteiger partial charge on any atom is 0.255 e. The fourth-order valence-corrected chi connectivity index (χ4v) is 4.00. The van der Waals surface area contributed by atoms with Crippen LogP contribution in [0.2, 0.25) is 0 Å². The van der Waals surface area contributed by atoms with Gasteiger partial charge >= 0.3 is 0 Å². The van der Waals surface area contributed by atoms with Crippen LogP contribution in [0.4, 0.5) is 11.4 Å². The summed E-state index contributed by atoms with van der Waals surface area (Å²) >= 11 is 3.22. The number of ether oxygens (including phenoxy) is 1. The zero-order valence-corrected chi connectivity index (χ0v) is 20.4. The van der Waals surface area contributed by atoms with Gasteiger partial charge in [-0.2, -0.15) is 0 Å². The number of carbonyl (C=O) groups excluding carboxylic acids is 1. The van der Waals surface area contributed by atoms with E-state index in [2.05, 4.69) is 48.7 Å². The summed E-state index contributed by atoms with van der Waals surface area (Å²) in [6, 6.07) is 31.1. The average Bonchev–Trinajstić information content (AvgIpc) is 3.33. The molecule has 174 valence electrons. The number of rotatable bonds is 8. The molecule has 0 unspecified atom stereocenters. The van der Waals surface area contributed by atoms with Crippen LogP contribution in [0.25, 0.3) is 22.4 Å². The van der Waals surface area contributed by atoms with Crippen molar-refractivity contribution in [2.75, 3.05) is 16.1 Å². The van der Waals surface area contributed by atoms with E-state index in [0.29, 0.717) is 23.4 Å². The lowest BCUT2D eigenvalue weighted by Gasteiger charge is -2.10. The molecule has 0 aliphatic heterocycles. The summed E-state index contributed by atoms with van der Waals surface area (Å²) in [5, 5.41) is 6.36. The Labute approximate surface area is 211 Å². The third-order valence-electron chi connectivity index (χ3n) is 5.57. The summed E-state index contributed by atoms with van der Waals surface area (Å²) in [6.07, 6.45) is 0. The Morgan fingerprint density at radius 1 is 0.886 bits per heavy atom. The number of H-pyrrole nitrogens is 1. The van der Waals surface area contributed by atoms with E-state index in [-0.39, 0.29) is 5.91 Å². The fourth-order valence-electron chi connectivity index (χ4n) is 3.74. The number of halogens is 1. The van der Waals surface area contributed by atoms with Crippen LogP contribution in [0.1, 0.15) is 15.9 Å². The highest BCUT2D eigenvalue weighted by atomic mass is 79.9. The lowest BCUT2D eigenvalue weighted by molar-refractivity contribution is 0.102. The zero-order valence-electron chi connectivity index (χ0n) is 18.8. The first-order chi connectivity index (χ1) is 17.2. The quantitative estimate of drug-likeness (QED) is 0.194. The molecule has 0 spiro atoms. The van der Waals surface area contributed by atoms with Gasteiger partial charge in [-0.05, 0) is 88.2 Å². The Bertz CT molecular complexity index is 1410. The van der Waals surface area contributed by atoms with Crippen molar-refractivity contribution < 1.29 is 9.53 Å². The van der Waals surface area contributed by atoms with Crippen LogP contribution < -0.4 is 15.4 Å². The maximum atomic E-state index is 12.5. The Morgan fingerprint density at radius 2 is 1.66 bits per heavy atom. The van der Waals surface area contributed by atoms with E-state index in [1.165, 1.54) is 0 Å². The van der Waals surface area contributed by atoms with Crippen molar-refractivity contribution in [3.8, 4) is 17.1 Å². The number of benzene rings is 4. The van der Waals surface area contributed by atoms with Gasteiger partial charge in [0.25, 0.3) is 5.91 Å². The number of para-hydroxylation sites is 2. The largest absolute Gasteiger partial charge is 0.482 e. The number of imidazole rings is 1. The molecule has 0 aliphatic rings. The number of hydrogen-bond donors (Lipinski definition) is 3. The number of aromatic nitrogens is 2. The van der Waals surface area contributed by atoms with Crippen LogP contribution >= 0.6 is 15.9 Å². The molecular formula is C28H23BrN4O2. The van der Waals surface area contributed by atoms with E-state index < -0.39 is 0 Å². The summed E-state index contributed by atoms with van der Waals surface area (Å²) in [6.45, 7) is 0.671. The summed E-state index contributed by atoms with van der Waals surface area (Å²) < 4.78 is 5.39. The SMILES string of the molecule is O=C(Nc1ccc(CNc2ccc(-c3nc4ccccc4[nH]3)cc2)cc1)c1cccc(OCBr)c1. The lowest BCUT2D eigenvalue weighted by Crippen LogP contribution is -2.12. The van der Waals surface area contributed by atoms with Crippen molar-refractivity contribution in [3.05, 3.63) is 108 Å². The summed E-state index contributed by atoms with van der Waals surface area (Å²) in [4.78, 5) is 20.6. The van der Waals surface area contributed by atoms with Gasteiger partial charge < -0.3 is 20.4 Å². The molecule has 3 N–H and O–H groups in total. The molecule has 0 fully saturated rings. The van der Waals surface area contributed by atoms with Gasteiger partial charge in [0.05, 0.1) is 11.0 Å². The molecule has 4 aromatic carbocycles. The first-order valence-corrected chi connectivity index (χ1v) is 12.3. The normalized spacial score (nSPS) is 10.8. The van der Waals surface area contributed by atoms with Crippen LogP contribution in [0.3, 0.4) is 0 Å². The number of carbonyl (C=O) groups is 1. The van der Waals surface area contributed by atoms with Crippen LogP contribution in [0.5, 0.6) is 5.75 Å². The Kier molecular flexibility index (Phi) is 6.77. The number of nitrogens with one attached hydrogen (secondary N) is 3. The van der Waals surface area contributed by atoms with Gasteiger partial charge in [-0.15, -0.1) is 0 Å². The molecule has 5 aromatic rings. The van der Waals surface area contributed by atoms with Gasteiger partial charge in [0, 0.05) is 29.0 Å². The summed E-state index contributed by atoms with van der Waals surface area (Å²) in [5.74, 6) is 1.32. The van der Waals surface area contributed by atoms with E-state index in [0.717, 1.165) is 39.4 Å². The predicted octanol–water partition coefficient (Wildman–Crippen LogP) is 6.83. The number of hydrogen-bond acceptors (Lipinski definition) is 4. The zero-order chi connectivity index (χ0) is 24.0. The molecular weight excluding hydrogens is 504 g/mol. The molecule has 1 amide bonds. The highest BCUT2D eigenvalue weighted by molar-refractivity contribution is 9.09. The van der Waals surface area contributed by atoms with Crippen molar-refractivity contribution in [2.45, 2.75) is 6.54 Å². The Hall–Kier alpha value is -4.10. The molecule has 1 aromatic heterocycles. The van der Waals surface area contributed by atoms with Crippen LogP contribution in [0, 0.1) is 0 Å². The molecule has 0 atom stereocenters. The third kappa shape index (κ3) is 5.53. The van der Waals surface area contributed by atoms with E-state index in [4.69, 9.17) is 4.74 Å². The van der Waals surface area contributed by atoms with E-state index in [9.17, 15) is 4.79 Å². The van der Waals surface area contributed by atoms with E-state index in [1.807, 2.05) is 66.7 Å². The second-order valence-electron chi connectivity index (χ2n) is 7.97. The van der Waals surface area contributed by atoms with Crippen molar-refractivity contribution >= 4 is 44.2 Å². The number of anilines is 2. The van der Waals surface area contributed by atoms with Gasteiger partial charge in [-0.25, -0.2) is 4.98 Å². The van der Waals surface area contributed by atoms with Gasteiger partial charge in [-0.3, -0.25) is 4.79 Å². The van der Waals surface area contributed by atoms with Crippen molar-refractivity contribution in [2.24, 2.45) is 0 Å².